The molecule has 0 unspecified atom stereocenters. The van der Waals surface area contributed by atoms with Crippen molar-refractivity contribution in [2.24, 2.45) is 0 Å². The molecule has 0 saturated carbocycles. The van der Waals surface area contributed by atoms with Gasteiger partial charge in [-0.2, -0.15) is 5.26 Å². The molecule has 0 bridgehead atoms. The highest BCUT2D eigenvalue weighted by atomic mass is 16.6. The van der Waals surface area contributed by atoms with Crippen molar-refractivity contribution in [1.29, 1.82) is 5.26 Å². The van der Waals surface area contributed by atoms with Crippen LogP contribution in [0.25, 0.3) is 0 Å². The number of nitrogens with one attached hydrogen (secondary N) is 1. The summed E-state index contributed by atoms with van der Waals surface area (Å²) in [5.74, 6) is 2.27. The van der Waals surface area contributed by atoms with Crippen LogP contribution in [0.4, 0.5) is 11.5 Å². The molecule has 0 atom stereocenters. The van der Waals surface area contributed by atoms with Crippen molar-refractivity contribution in [1.82, 2.24) is 4.98 Å². The molecule has 74 valence electrons. The highest BCUT2D eigenvalue weighted by Gasteiger charge is 2.20. The molecule has 0 saturated heterocycles. The van der Waals surface area contributed by atoms with Crippen molar-refractivity contribution in [3.05, 3.63) is 27.9 Å². The normalized spacial score (nSPS) is 8.67. The second kappa shape index (κ2) is 4.58. The fraction of sp³-hybridized carbons (Fsp3) is 0.111. The smallest absolute Gasteiger partial charge is 0.329 e. The molecule has 0 spiro atoms. The van der Waals surface area contributed by atoms with Gasteiger partial charge in [-0.25, -0.2) is 4.98 Å². The Bertz CT molecular complexity index is 470. The van der Waals surface area contributed by atoms with E-state index in [1.54, 1.807) is 6.07 Å². The van der Waals surface area contributed by atoms with Gasteiger partial charge < -0.3 is 5.32 Å². The Kier molecular flexibility index (Phi) is 3.20. The van der Waals surface area contributed by atoms with Gasteiger partial charge in [-0.3, -0.25) is 10.1 Å². The standard InChI is InChI=1S/C9H6N4O2/c1-2-4-11-9-8(13(14)15)7(6-10)3-5-12-9/h1,3,5H,4H2,(H,11,12). The third-order valence-corrected chi connectivity index (χ3v) is 1.59. The van der Waals surface area contributed by atoms with Gasteiger partial charge in [-0.1, -0.05) is 5.92 Å². The molecule has 6 nitrogen and oxygen atoms in total. The van der Waals surface area contributed by atoms with Gasteiger partial charge in [0.2, 0.25) is 5.82 Å². The van der Waals surface area contributed by atoms with Crippen molar-refractivity contribution in [3.8, 4) is 18.4 Å². The minimum absolute atomic E-state index is 0.0111. The zero-order chi connectivity index (χ0) is 11.3. The second-order valence-electron chi connectivity index (χ2n) is 2.48. The van der Waals surface area contributed by atoms with Gasteiger partial charge in [0.25, 0.3) is 0 Å². The third kappa shape index (κ3) is 2.20. The molecule has 0 amide bonds. The van der Waals surface area contributed by atoms with Crippen molar-refractivity contribution in [2.75, 3.05) is 11.9 Å². The number of pyridine rings is 1. The van der Waals surface area contributed by atoms with E-state index in [9.17, 15) is 10.1 Å². The molecule has 6 heteroatoms. The number of hydrogen-bond acceptors (Lipinski definition) is 5. The zero-order valence-corrected chi connectivity index (χ0v) is 7.60. The first kappa shape index (κ1) is 10.5. The Hall–Kier alpha value is -2.60. The lowest BCUT2D eigenvalue weighted by Gasteiger charge is -2.02. The van der Waals surface area contributed by atoms with Crippen LogP contribution in [-0.4, -0.2) is 16.5 Å². The Balaban J connectivity index is 3.22. The number of nitriles is 1. The molecule has 1 heterocycles. The van der Waals surface area contributed by atoms with Crippen molar-refractivity contribution < 1.29 is 4.92 Å². The molecule has 0 aromatic carbocycles. The fourth-order valence-electron chi connectivity index (χ4n) is 0.993. The summed E-state index contributed by atoms with van der Waals surface area (Å²) < 4.78 is 0. The highest BCUT2D eigenvalue weighted by Crippen LogP contribution is 2.25. The van der Waals surface area contributed by atoms with Crippen LogP contribution in [0.15, 0.2) is 12.3 Å². The van der Waals surface area contributed by atoms with Crippen LogP contribution < -0.4 is 5.32 Å². The van der Waals surface area contributed by atoms with Crippen LogP contribution in [-0.2, 0) is 0 Å². The quantitative estimate of drug-likeness (QED) is 0.446. The summed E-state index contributed by atoms with van der Waals surface area (Å²) in [6.07, 6.45) is 6.31. The predicted octanol–water partition coefficient (Wildman–Crippen LogP) is 0.907. The van der Waals surface area contributed by atoms with E-state index in [2.05, 4.69) is 16.2 Å². The van der Waals surface area contributed by atoms with Crippen LogP contribution in [0.2, 0.25) is 0 Å². The SMILES string of the molecule is C#CCNc1nccc(C#N)c1[N+](=O)[O-]. The van der Waals surface area contributed by atoms with Gasteiger partial charge in [0.15, 0.2) is 0 Å². The monoisotopic (exact) mass is 202 g/mol. The number of nitrogens with zero attached hydrogens (tertiary/aromatic N) is 3. The predicted molar refractivity (Wildman–Crippen MR) is 52.9 cm³/mol. The van der Waals surface area contributed by atoms with Crippen molar-refractivity contribution >= 4 is 11.5 Å². The summed E-state index contributed by atoms with van der Waals surface area (Å²) in [6, 6.07) is 3.00. The Morgan fingerprint density at radius 2 is 2.47 bits per heavy atom. The number of hydrogen-bond donors (Lipinski definition) is 1. The molecular weight excluding hydrogens is 196 g/mol. The number of terminal acetylenes is 1. The minimum Gasteiger partial charge on any atom is -0.353 e. The number of aromatic nitrogens is 1. The Morgan fingerprint density at radius 3 is 3.00 bits per heavy atom. The largest absolute Gasteiger partial charge is 0.353 e. The molecule has 0 aliphatic heterocycles. The van der Waals surface area contributed by atoms with Crippen LogP contribution in [0.1, 0.15) is 5.56 Å². The van der Waals surface area contributed by atoms with Gasteiger partial charge in [0.05, 0.1) is 11.5 Å². The lowest BCUT2D eigenvalue weighted by molar-refractivity contribution is -0.384. The molecule has 0 radical (unpaired) electrons. The molecule has 1 aromatic heterocycles. The van der Waals surface area contributed by atoms with Crippen molar-refractivity contribution in [2.45, 2.75) is 0 Å². The van der Waals surface area contributed by atoms with Crippen LogP contribution in [0, 0.1) is 33.8 Å². The maximum Gasteiger partial charge on any atom is 0.329 e. The summed E-state index contributed by atoms with van der Waals surface area (Å²) in [6.45, 7) is 0.114. The topological polar surface area (TPSA) is 91.8 Å². The lowest BCUT2D eigenvalue weighted by Crippen LogP contribution is -2.05. The Labute approximate surface area is 85.7 Å². The third-order valence-electron chi connectivity index (χ3n) is 1.59. The first-order valence-corrected chi connectivity index (χ1v) is 3.91. The van der Waals surface area contributed by atoms with Crippen LogP contribution >= 0.6 is 0 Å². The van der Waals surface area contributed by atoms with E-state index in [1.165, 1.54) is 12.3 Å². The second-order valence-corrected chi connectivity index (χ2v) is 2.48. The van der Waals surface area contributed by atoms with Crippen LogP contribution in [0.3, 0.4) is 0 Å². The maximum absolute atomic E-state index is 10.7. The average molecular weight is 202 g/mol. The number of nitro groups is 1. The molecule has 1 rings (SSSR count). The highest BCUT2D eigenvalue weighted by molar-refractivity contribution is 5.64. The molecule has 0 aliphatic rings. The molecule has 0 fully saturated rings. The van der Waals surface area contributed by atoms with Crippen LogP contribution in [0.5, 0.6) is 0 Å². The average Bonchev–Trinajstić information content (AvgIpc) is 2.25. The first-order valence-electron chi connectivity index (χ1n) is 3.91. The van der Waals surface area contributed by atoms with E-state index >= 15 is 0 Å². The molecule has 15 heavy (non-hydrogen) atoms. The van der Waals surface area contributed by atoms with E-state index in [0.717, 1.165) is 0 Å². The van der Waals surface area contributed by atoms with Gasteiger partial charge in [-0.15, -0.1) is 6.42 Å². The van der Waals surface area contributed by atoms with Gasteiger partial charge in [0.1, 0.15) is 11.6 Å². The molecule has 1 N–H and O–H groups in total. The fourth-order valence-corrected chi connectivity index (χ4v) is 0.993. The summed E-state index contributed by atoms with van der Waals surface area (Å²) in [4.78, 5) is 13.8. The Morgan fingerprint density at radius 1 is 1.73 bits per heavy atom. The van der Waals surface area contributed by atoms with Gasteiger partial charge >= 0.3 is 5.69 Å². The van der Waals surface area contributed by atoms with Crippen molar-refractivity contribution in [3.63, 3.8) is 0 Å². The molecule has 0 aliphatic carbocycles. The molecular formula is C9H6N4O2. The number of anilines is 1. The molecule has 1 aromatic rings. The van der Waals surface area contributed by atoms with E-state index in [1.807, 2.05) is 0 Å². The van der Waals surface area contributed by atoms with Gasteiger partial charge in [0, 0.05) is 6.20 Å². The maximum atomic E-state index is 10.7. The minimum atomic E-state index is -0.662. The van der Waals surface area contributed by atoms with Gasteiger partial charge in [-0.05, 0) is 6.07 Å². The van der Waals surface area contributed by atoms with E-state index < -0.39 is 4.92 Å². The van der Waals surface area contributed by atoms with E-state index in [4.69, 9.17) is 11.7 Å². The zero-order valence-electron chi connectivity index (χ0n) is 7.60. The lowest BCUT2D eigenvalue weighted by atomic mass is 10.2. The van der Waals surface area contributed by atoms with E-state index in [0.29, 0.717) is 0 Å². The summed E-state index contributed by atoms with van der Waals surface area (Å²) in [7, 11) is 0. The first-order chi connectivity index (χ1) is 7.20. The number of rotatable bonds is 3. The summed E-state index contributed by atoms with van der Waals surface area (Å²) in [5, 5.41) is 21.9. The summed E-state index contributed by atoms with van der Waals surface area (Å²) >= 11 is 0. The van der Waals surface area contributed by atoms with E-state index in [-0.39, 0.29) is 23.6 Å². The summed E-state index contributed by atoms with van der Waals surface area (Å²) in [5.41, 5.74) is -0.398.